The topological polar surface area (TPSA) is 180 Å². The van der Waals surface area contributed by atoms with Gasteiger partial charge >= 0.3 is 5.97 Å². The second-order valence-electron chi connectivity index (χ2n) is 10.4. The Morgan fingerprint density at radius 2 is 1.63 bits per heavy atom. The molecule has 5 N–H and O–H groups in total. The minimum Gasteiger partial charge on any atom is -0.507 e. The molecule has 1 saturated heterocycles. The zero-order valence-corrected chi connectivity index (χ0v) is 23.5. The Morgan fingerprint density at radius 3 is 2.28 bits per heavy atom. The Morgan fingerprint density at radius 1 is 0.930 bits per heavy atom. The lowest BCUT2D eigenvalue weighted by Gasteiger charge is -2.39. The van der Waals surface area contributed by atoms with Crippen LogP contribution in [0.1, 0.15) is 67.9 Å². The molecule has 0 saturated carbocycles. The van der Waals surface area contributed by atoms with Gasteiger partial charge in [0.25, 0.3) is 0 Å². The van der Waals surface area contributed by atoms with Crippen LogP contribution in [-0.2, 0) is 16.1 Å². The number of carbonyl (C=O) groups is 3. The summed E-state index contributed by atoms with van der Waals surface area (Å²) in [5.41, 5.74) is 0.0599. The van der Waals surface area contributed by atoms with Crippen molar-refractivity contribution < 1.29 is 54.1 Å². The van der Waals surface area contributed by atoms with Crippen molar-refractivity contribution in [2.75, 3.05) is 0 Å². The SMILES string of the molecule is CC(=O)Oc1cc(CO)c2c(c1C=Cc1ccccc1)C(=O)c1cc(O[C@@H]3O[C@@H](C)[C@@H](O)[C@@H](O)[C@H]3O)c(C)c(O)c1C2=O. The van der Waals surface area contributed by atoms with Crippen LogP contribution in [0.3, 0.4) is 0 Å². The molecule has 1 aliphatic carbocycles. The van der Waals surface area contributed by atoms with Gasteiger partial charge in [-0.25, -0.2) is 0 Å². The van der Waals surface area contributed by atoms with Gasteiger partial charge in [0.1, 0.15) is 35.6 Å². The smallest absolute Gasteiger partial charge is 0.308 e. The Bertz CT molecular complexity index is 1640. The van der Waals surface area contributed by atoms with Crippen molar-refractivity contribution in [3.63, 3.8) is 0 Å². The van der Waals surface area contributed by atoms with Crippen LogP contribution in [0.5, 0.6) is 17.2 Å². The number of phenolic OH excluding ortho intramolecular Hbond substituents is 1. The van der Waals surface area contributed by atoms with Crippen LogP contribution in [0.15, 0.2) is 42.5 Å². The third-order valence-corrected chi connectivity index (χ3v) is 7.56. The van der Waals surface area contributed by atoms with E-state index in [0.29, 0.717) is 0 Å². The van der Waals surface area contributed by atoms with E-state index in [-0.39, 0.29) is 50.4 Å². The first-order valence-corrected chi connectivity index (χ1v) is 13.5. The summed E-state index contributed by atoms with van der Waals surface area (Å²) >= 11 is 0. The highest BCUT2D eigenvalue weighted by Crippen LogP contribution is 2.44. The molecule has 0 amide bonds. The van der Waals surface area contributed by atoms with Crippen LogP contribution >= 0.6 is 0 Å². The van der Waals surface area contributed by atoms with Gasteiger partial charge in [0.05, 0.1) is 18.3 Å². The van der Waals surface area contributed by atoms with Gasteiger partial charge in [0, 0.05) is 34.7 Å². The largest absolute Gasteiger partial charge is 0.507 e. The molecule has 0 unspecified atom stereocenters. The van der Waals surface area contributed by atoms with E-state index in [1.807, 2.05) is 30.3 Å². The summed E-state index contributed by atoms with van der Waals surface area (Å²) in [4.78, 5) is 40.1. The standard InChI is InChI=1S/C32H30O11/c1-14-21(43-32-31(40)30(39)27(36)15(2)41-32)12-20-25(26(14)35)29(38)23-18(13-33)11-22(42-16(3)34)19(24(23)28(20)37)10-9-17-7-5-4-6-8-17/h4-12,15,27,30-33,35-36,39-40H,13H2,1-3H3/t15-,27+,30+,31+,32-/m0/s1. The number of phenols is 1. The summed E-state index contributed by atoms with van der Waals surface area (Å²) in [6, 6.07) is 11.6. The van der Waals surface area contributed by atoms with E-state index in [1.165, 1.54) is 39.0 Å². The average Bonchev–Trinajstić information content (AvgIpc) is 2.98. The molecule has 0 aromatic heterocycles. The van der Waals surface area contributed by atoms with Crippen LogP contribution in [0.4, 0.5) is 0 Å². The highest BCUT2D eigenvalue weighted by Gasteiger charge is 2.44. The van der Waals surface area contributed by atoms with Gasteiger partial charge in [-0.15, -0.1) is 0 Å². The number of aliphatic hydroxyl groups excluding tert-OH is 4. The summed E-state index contributed by atoms with van der Waals surface area (Å²) < 4.78 is 16.7. The summed E-state index contributed by atoms with van der Waals surface area (Å²) in [5.74, 6) is -2.91. The van der Waals surface area contributed by atoms with Gasteiger partial charge in [-0.2, -0.15) is 0 Å². The molecule has 0 radical (unpaired) electrons. The molecule has 2 aliphatic rings. The minimum atomic E-state index is -1.67. The monoisotopic (exact) mass is 590 g/mol. The first-order chi connectivity index (χ1) is 20.4. The van der Waals surface area contributed by atoms with E-state index >= 15 is 0 Å². The van der Waals surface area contributed by atoms with Crippen molar-refractivity contribution in [1.82, 2.24) is 0 Å². The van der Waals surface area contributed by atoms with Crippen molar-refractivity contribution in [3.8, 4) is 17.2 Å². The van der Waals surface area contributed by atoms with Crippen molar-refractivity contribution in [2.24, 2.45) is 0 Å². The number of ether oxygens (including phenoxy) is 3. The molecule has 0 bridgehead atoms. The number of aromatic hydroxyl groups is 1. The predicted octanol–water partition coefficient (Wildman–Crippen LogP) is 2.27. The molecular formula is C32H30O11. The van der Waals surface area contributed by atoms with Gasteiger partial charge in [0.15, 0.2) is 11.6 Å². The number of esters is 1. The lowest BCUT2D eigenvalue weighted by atomic mass is 9.78. The van der Waals surface area contributed by atoms with Crippen LogP contribution in [0.2, 0.25) is 0 Å². The molecule has 3 aromatic carbocycles. The third-order valence-electron chi connectivity index (χ3n) is 7.56. The first kappa shape index (κ1) is 30.1. The summed E-state index contributed by atoms with van der Waals surface area (Å²) in [7, 11) is 0. The zero-order chi connectivity index (χ0) is 31.2. The van der Waals surface area contributed by atoms with E-state index in [4.69, 9.17) is 14.2 Å². The summed E-state index contributed by atoms with van der Waals surface area (Å²) in [6.07, 6.45) is -3.85. The van der Waals surface area contributed by atoms with Gasteiger partial charge in [0.2, 0.25) is 6.29 Å². The van der Waals surface area contributed by atoms with E-state index in [2.05, 4.69) is 0 Å². The summed E-state index contributed by atoms with van der Waals surface area (Å²) in [5, 5.41) is 52.0. The molecular weight excluding hydrogens is 560 g/mol. The quantitative estimate of drug-likeness (QED) is 0.126. The highest BCUT2D eigenvalue weighted by molar-refractivity contribution is 6.31. The first-order valence-electron chi connectivity index (χ1n) is 13.5. The Balaban J connectivity index is 1.67. The molecule has 5 atom stereocenters. The zero-order valence-electron chi connectivity index (χ0n) is 23.5. The molecule has 3 aromatic rings. The predicted molar refractivity (Wildman–Crippen MR) is 152 cm³/mol. The fraction of sp³-hybridized carbons (Fsp3) is 0.281. The molecule has 0 spiro atoms. The van der Waals surface area contributed by atoms with E-state index in [1.54, 1.807) is 6.08 Å². The molecule has 43 heavy (non-hydrogen) atoms. The molecule has 1 fully saturated rings. The number of fused-ring (bicyclic) bond motifs is 2. The number of rotatable bonds is 6. The van der Waals surface area contributed by atoms with Crippen molar-refractivity contribution in [1.29, 1.82) is 0 Å². The van der Waals surface area contributed by atoms with Crippen molar-refractivity contribution >= 4 is 29.7 Å². The van der Waals surface area contributed by atoms with Crippen LogP contribution in [0.25, 0.3) is 12.2 Å². The van der Waals surface area contributed by atoms with Gasteiger partial charge in [-0.1, -0.05) is 36.4 Å². The summed E-state index contributed by atoms with van der Waals surface area (Å²) in [6.45, 7) is 3.40. The molecule has 11 heteroatoms. The lowest BCUT2D eigenvalue weighted by Crippen LogP contribution is -2.58. The number of carbonyl (C=O) groups excluding carboxylic acids is 3. The second-order valence-corrected chi connectivity index (χ2v) is 10.4. The number of benzene rings is 3. The normalized spacial score (nSPS) is 23.2. The van der Waals surface area contributed by atoms with Gasteiger partial charge in [-0.3, -0.25) is 14.4 Å². The van der Waals surface area contributed by atoms with E-state index in [0.717, 1.165) is 5.56 Å². The molecule has 224 valence electrons. The number of aliphatic hydroxyl groups is 4. The minimum absolute atomic E-state index is 0.0183. The van der Waals surface area contributed by atoms with E-state index < -0.39 is 60.6 Å². The van der Waals surface area contributed by atoms with Crippen molar-refractivity contribution in [2.45, 2.75) is 58.1 Å². The maximum Gasteiger partial charge on any atom is 0.308 e. The molecule has 11 nitrogen and oxygen atoms in total. The fourth-order valence-electron chi connectivity index (χ4n) is 5.27. The maximum absolute atomic E-state index is 14.2. The van der Waals surface area contributed by atoms with Crippen LogP contribution in [0, 0.1) is 6.92 Å². The number of ketones is 2. The number of hydrogen-bond donors (Lipinski definition) is 5. The fourth-order valence-corrected chi connectivity index (χ4v) is 5.27. The van der Waals surface area contributed by atoms with Gasteiger partial charge < -0.3 is 39.7 Å². The lowest BCUT2D eigenvalue weighted by molar-refractivity contribution is -0.268. The van der Waals surface area contributed by atoms with Crippen molar-refractivity contribution in [3.05, 3.63) is 87.0 Å². The average molecular weight is 591 g/mol. The third kappa shape index (κ3) is 5.33. The molecule has 1 heterocycles. The highest BCUT2D eigenvalue weighted by atomic mass is 16.7. The Kier molecular flexibility index (Phi) is 8.19. The maximum atomic E-state index is 14.2. The van der Waals surface area contributed by atoms with Crippen LogP contribution < -0.4 is 9.47 Å². The van der Waals surface area contributed by atoms with Gasteiger partial charge in [-0.05, 0) is 43.2 Å². The number of hydrogen-bond acceptors (Lipinski definition) is 11. The molecule has 1 aliphatic heterocycles. The Labute approximate surface area is 246 Å². The Hall–Kier alpha value is -4.39. The van der Waals surface area contributed by atoms with Crippen LogP contribution in [-0.4, -0.2) is 73.8 Å². The van der Waals surface area contributed by atoms with E-state index in [9.17, 15) is 39.9 Å². The molecule has 5 rings (SSSR count). The second kappa shape index (κ2) is 11.7.